The highest BCUT2D eigenvalue weighted by Gasteiger charge is 2.01. The first-order chi connectivity index (χ1) is 7.22. The SMILES string of the molecule is NC(=NF)NC(=O)NCc1ccccc1. The Labute approximate surface area is 86.1 Å². The second kappa shape index (κ2) is 5.58. The van der Waals surface area contributed by atoms with Crippen molar-refractivity contribution in [1.29, 1.82) is 0 Å². The quantitative estimate of drug-likeness (QED) is 0.496. The largest absolute Gasteiger partial charge is 0.367 e. The van der Waals surface area contributed by atoms with E-state index < -0.39 is 12.0 Å². The molecule has 0 fully saturated rings. The lowest BCUT2D eigenvalue weighted by molar-refractivity contribution is 0.244. The average Bonchev–Trinajstić information content (AvgIpc) is 2.27. The van der Waals surface area contributed by atoms with Crippen LogP contribution >= 0.6 is 0 Å². The number of benzene rings is 1. The molecule has 0 unspecified atom stereocenters. The van der Waals surface area contributed by atoms with Gasteiger partial charge in [0.05, 0.1) is 0 Å². The van der Waals surface area contributed by atoms with Crippen molar-refractivity contribution >= 4 is 12.0 Å². The first-order valence-corrected chi connectivity index (χ1v) is 4.25. The molecule has 0 heterocycles. The van der Waals surface area contributed by atoms with Gasteiger partial charge in [-0.25, -0.2) is 4.79 Å². The number of nitrogens with two attached hydrogens (primary N) is 1. The molecule has 0 atom stereocenters. The third kappa shape index (κ3) is 4.08. The Bertz CT molecular complexity index is 352. The zero-order chi connectivity index (χ0) is 11.1. The Hall–Kier alpha value is -2.11. The van der Waals surface area contributed by atoms with Gasteiger partial charge in [-0.05, 0) is 5.56 Å². The topological polar surface area (TPSA) is 79.5 Å². The normalized spacial score (nSPS) is 10.9. The molecule has 0 aromatic heterocycles. The number of halogens is 1. The standard InChI is InChI=1S/C9H11FN4O/c10-14-8(11)13-9(15)12-6-7-4-2-1-3-5-7/h1-5H,6H2,(H4,11,12,13,14,15). The summed E-state index contributed by atoms with van der Waals surface area (Å²) in [5.74, 6) is -0.569. The van der Waals surface area contributed by atoms with Crippen molar-refractivity contribution in [3.63, 3.8) is 0 Å². The highest BCUT2D eigenvalue weighted by Crippen LogP contribution is 1.96. The van der Waals surface area contributed by atoms with Gasteiger partial charge in [-0.15, -0.1) is 0 Å². The summed E-state index contributed by atoms with van der Waals surface area (Å²) in [7, 11) is 0. The number of guanidine groups is 1. The number of hydrogen-bond donors (Lipinski definition) is 3. The van der Waals surface area contributed by atoms with E-state index in [1.54, 1.807) is 0 Å². The Morgan fingerprint density at radius 3 is 2.67 bits per heavy atom. The van der Waals surface area contributed by atoms with Gasteiger partial charge in [0.1, 0.15) is 0 Å². The van der Waals surface area contributed by atoms with Gasteiger partial charge < -0.3 is 11.1 Å². The summed E-state index contributed by atoms with van der Waals surface area (Å²) in [6, 6.07) is 8.69. The molecule has 1 aromatic rings. The first kappa shape index (κ1) is 11.0. The van der Waals surface area contributed by atoms with E-state index in [1.807, 2.05) is 35.6 Å². The van der Waals surface area contributed by atoms with Crippen LogP contribution in [0, 0.1) is 0 Å². The number of carbonyl (C=O) groups excluding carboxylic acids is 1. The number of rotatable bonds is 2. The van der Waals surface area contributed by atoms with Crippen LogP contribution in [0.3, 0.4) is 0 Å². The van der Waals surface area contributed by atoms with E-state index in [2.05, 4.69) is 10.5 Å². The summed E-state index contributed by atoms with van der Waals surface area (Å²) in [4.78, 5) is 11.0. The summed E-state index contributed by atoms with van der Waals surface area (Å²) in [5, 5.41) is 6.60. The summed E-state index contributed by atoms with van der Waals surface area (Å²) in [6.45, 7) is 0.340. The van der Waals surface area contributed by atoms with E-state index in [0.29, 0.717) is 6.54 Å². The summed E-state index contributed by atoms with van der Waals surface area (Å²) in [5.41, 5.74) is 5.88. The molecule has 4 N–H and O–H groups in total. The number of urea groups is 1. The summed E-state index contributed by atoms with van der Waals surface area (Å²) in [6.07, 6.45) is 0. The van der Waals surface area contributed by atoms with Crippen LogP contribution in [0.15, 0.2) is 35.5 Å². The minimum absolute atomic E-state index is 0.340. The van der Waals surface area contributed by atoms with Gasteiger partial charge in [-0.3, -0.25) is 5.32 Å². The highest BCUT2D eigenvalue weighted by molar-refractivity contribution is 5.94. The average molecular weight is 210 g/mol. The zero-order valence-electron chi connectivity index (χ0n) is 7.90. The van der Waals surface area contributed by atoms with E-state index in [-0.39, 0.29) is 0 Å². The van der Waals surface area contributed by atoms with Crippen LogP contribution in [0.2, 0.25) is 0 Å². The highest BCUT2D eigenvalue weighted by atomic mass is 19.2. The maximum Gasteiger partial charge on any atom is 0.321 e. The van der Waals surface area contributed by atoms with Crippen LogP contribution in [0.1, 0.15) is 5.56 Å². The molecule has 0 spiro atoms. The molecule has 6 heteroatoms. The molecule has 0 aliphatic carbocycles. The molecule has 0 saturated carbocycles. The Kier molecular flexibility index (Phi) is 4.08. The molecule has 15 heavy (non-hydrogen) atoms. The Morgan fingerprint density at radius 1 is 1.40 bits per heavy atom. The van der Waals surface area contributed by atoms with E-state index in [4.69, 9.17) is 5.73 Å². The van der Waals surface area contributed by atoms with E-state index in [0.717, 1.165) is 5.56 Å². The lowest BCUT2D eigenvalue weighted by atomic mass is 10.2. The first-order valence-electron chi connectivity index (χ1n) is 4.25. The smallest absolute Gasteiger partial charge is 0.321 e. The zero-order valence-corrected chi connectivity index (χ0v) is 7.90. The fraction of sp³-hybridized carbons (Fsp3) is 0.111. The van der Waals surface area contributed by atoms with Crippen LogP contribution < -0.4 is 16.4 Å². The third-order valence-electron chi connectivity index (χ3n) is 1.63. The molecule has 0 bridgehead atoms. The van der Waals surface area contributed by atoms with Gasteiger partial charge in [-0.1, -0.05) is 40.0 Å². The van der Waals surface area contributed by atoms with Crippen molar-refractivity contribution in [1.82, 2.24) is 10.6 Å². The predicted molar refractivity (Wildman–Crippen MR) is 54.5 cm³/mol. The second-order valence-electron chi connectivity index (χ2n) is 2.76. The monoisotopic (exact) mass is 210 g/mol. The van der Waals surface area contributed by atoms with Gasteiger partial charge in [0.2, 0.25) is 5.96 Å². The van der Waals surface area contributed by atoms with Gasteiger partial charge in [0.15, 0.2) is 0 Å². The van der Waals surface area contributed by atoms with Gasteiger partial charge >= 0.3 is 6.03 Å². The minimum atomic E-state index is -0.599. The predicted octanol–water partition coefficient (Wildman–Crippen LogP) is 0.685. The molecule has 0 saturated heterocycles. The lowest BCUT2D eigenvalue weighted by Gasteiger charge is -2.05. The fourth-order valence-electron chi connectivity index (χ4n) is 0.960. The van der Waals surface area contributed by atoms with Crippen molar-refractivity contribution < 1.29 is 9.28 Å². The van der Waals surface area contributed by atoms with Gasteiger partial charge in [-0.2, -0.15) is 0 Å². The fourth-order valence-corrected chi connectivity index (χ4v) is 0.960. The molecule has 0 radical (unpaired) electrons. The van der Waals surface area contributed by atoms with Crippen molar-refractivity contribution in [2.45, 2.75) is 6.54 Å². The molecular formula is C9H11FN4O. The molecule has 80 valence electrons. The van der Waals surface area contributed by atoms with E-state index >= 15 is 0 Å². The molecule has 2 amide bonds. The number of nitrogens with one attached hydrogen (secondary N) is 2. The summed E-state index contributed by atoms with van der Waals surface area (Å²) >= 11 is 0. The maximum absolute atomic E-state index is 11.5. The van der Waals surface area contributed by atoms with Crippen LogP contribution in [-0.4, -0.2) is 12.0 Å². The van der Waals surface area contributed by atoms with Gasteiger partial charge in [0, 0.05) is 6.54 Å². The van der Waals surface area contributed by atoms with Crippen LogP contribution in [0.4, 0.5) is 9.28 Å². The van der Waals surface area contributed by atoms with Crippen LogP contribution in [0.5, 0.6) is 0 Å². The van der Waals surface area contributed by atoms with Crippen molar-refractivity contribution in [2.75, 3.05) is 0 Å². The number of nitrogens with zero attached hydrogens (tertiary/aromatic N) is 1. The van der Waals surface area contributed by atoms with E-state index in [1.165, 1.54) is 0 Å². The van der Waals surface area contributed by atoms with E-state index in [9.17, 15) is 9.28 Å². The van der Waals surface area contributed by atoms with Crippen molar-refractivity contribution in [2.24, 2.45) is 10.9 Å². The lowest BCUT2D eigenvalue weighted by Crippen LogP contribution is -2.42. The van der Waals surface area contributed by atoms with Crippen molar-refractivity contribution in [3.05, 3.63) is 35.9 Å². The van der Waals surface area contributed by atoms with Crippen LogP contribution in [0.25, 0.3) is 0 Å². The molecule has 1 aromatic carbocycles. The Balaban J connectivity index is 2.35. The number of amides is 2. The van der Waals surface area contributed by atoms with Gasteiger partial charge in [0.25, 0.3) is 0 Å². The Morgan fingerprint density at radius 2 is 2.07 bits per heavy atom. The third-order valence-corrected chi connectivity index (χ3v) is 1.63. The second-order valence-corrected chi connectivity index (χ2v) is 2.76. The maximum atomic E-state index is 11.5. The number of hydrogen-bond acceptors (Lipinski definition) is 2. The molecule has 0 aliphatic rings. The van der Waals surface area contributed by atoms with Crippen LogP contribution in [-0.2, 0) is 6.54 Å². The number of carbonyl (C=O) groups is 1. The van der Waals surface area contributed by atoms with Crippen molar-refractivity contribution in [3.8, 4) is 0 Å². The molecule has 1 rings (SSSR count). The molecular weight excluding hydrogens is 199 g/mol. The molecule has 5 nitrogen and oxygen atoms in total. The summed E-state index contributed by atoms with van der Waals surface area (Å²) < 4.78 is 11.5. The minimum Gasteiger partial charge on any atom is -0.367 e. The molecule has 0 aliphatic heterocycles.